The molecule has 1 aromatic rings. The van der Waals surface area contributed by atoms with Crippen molar-refractivity contribution >= 4 is 11.9 Å². The molecular weight excluding hydrogens is 360 g/mol. The maximum atomic E-state index is 12.3. The van der Waals surface area contributed by atoms with E-state index in [2.05, 4.69) is 11.7 Å². The van der Waals surface area contributed by atoms with Crippen LogP contribution in [0.4, 0.5) is 8.78 Å². The Kier molecular flexibility index (Phi) is 7.38. The van der Waals surface area contributed by atoms with Gasteiger partial charge in [0.15, 0.2) is 18.1 Å². The molecule has 0 radical (unpaired) electrons. The summed E-state index contributed by atoms with van der Waals surface area (Å²) in [7, 11) is 2.99. The van der Waals surface area contributed by atoms with E-state index in [0.717, 1.165) is 25.7 Å². The summed E-state index contributed by atoms with van der Waals surface area (Å²) < 4.78 is 39.0. The molecule has 0 saturated heterocycles. The molecule has 0 unspecified atom stereocenters. The predicted molar refractivity (Wildman–Crippen MR) is 94.1 cm³/mol. The van der Waals surface area contributed by atoms with E-state index in [0.29, 0.717) is 5.92 Å². The molecule has 1 aromatic carbocycles. The Hall–Kier alpha value is -2.38. The van der Waals surface area contributed by atoms with Crippen molar-refractivity contribution in [2.45, 2.75) is 45.3 Å². The molecule has 1 amide bonds. The van der Waals surface area contributed by atoms with Gasteiger partial charge in [0.05, 0.1) is 12.7 Å². The molecule has 0 bridgehead atoms. The second-order valence-corrected chi connectivity index (χ2v) is 6.74. The summed E-state index contributed by atoms with van der Waals surface area (Å²) in [5, 5.41) is 0. The first-order valence-electron chi connectivity index (χ1n) is 8.87. The standard InChI is InChI=1S/C19H25F2NO5/c1-12-4-7-14(8-5-12)22(2)17(23)11-26-18(24)13-6-9-15(27-19(20)21)16(10-13)25-3/h6,9-10,12,14,19H,4-5,7-8,11H2,1-3H3. The maximum Gasteiger partial charge on any atom is 0.387 e. The highest BCUT2D eigenvalue weighted by Gasteiger charge is 2.25. The summed E-state index contributed by atoms with van der Waals surface area (Å²) in [4.78, 5) is 26.1. The summed E-state index contributed by atoms with van der Waals surface area (Å²) in [5.74, 6) is -0.547. The number of hydrogen-bond donors (Lipinski definition) is 0. The van der Waals surface area contributed by atoms with Crippen molar-refractivity contribution < 1.29 is 32.6 Å². The molecule has 1 fully saturated rings. The second-order valence-electron chi connectivity index (χ2n) is 6.74. The Morgan fingerprint density at radius 2 is 1.85 bits per heavy atom. The molecule has 0 spiro atoms. The van der Waals surface area contributed by atoms with Gasteiger partial charge >= 0.3 is 12.6 Å². The highest BCUT2D eigenvalue weighted by molar-refractivity contribution is 5.92. The average Bonchev–Trinajstić information content (AvgIpc) is 2.65. The van der Waals surface area contributed by atoms with Crippen molar-refractivity contribution in [3.05, 3.63) is 23.8 Å². The monoisotopic (exact) mass is 385 g/mol. The fourth-order valence-electron chi connectivity index (χ4n) is 3.13. The third-order valence-electron chi connectivity index (χ3n) is 4.87. The van der Waals surface area contributed by atoms with Crippen molar-refractivity contribution in [2.24, 2.45) is 5.92 Å². The molecule has 0 N–H and O–H groups in total. The Labute approximate surface area is 157 Å². The lowest BCUT2D eigenvalue weighted by Crippen LogP contribution is -2.41. The molecule has 1 aliphatic carbocycles. The third kappa shape index (κ3) is 5.80. The third-order valence-corrected chi connectivity index (χ3v) is 4.87. The first kappa shape index (κ1) is 20.9. The van der Waals surface area contributed by atoms with Crippen LogP contribution in [0.2, 0.25) is 0 Å². The quantitative estimate of drug-likeness (QED) is 0.673. The van der Waals surface area contributed by atoms with E-state index in [-0.39, 0.29) is 35.6 Å². The molecule has 1 aliphatic rings. The van der Waals surface area contributed by atoms with E-state index < -0.39 is 12.6 Å². The number of nitrogens with zero attached hydrogens (tertiary/aromatic N) is 1. The van der Waals surface area contributed by atoms with E-state index in [1.54, 1.807) is 11.9 Å². The smallest absolute Gasteiger partial charge is 0.387 e. The van der Waals surface area contributed by atoms with Crippen LogP contribution >= 0.6 is 0 Å². The predicted octanol–water partition coefficient (Wildman–Crippen LogP) is 3.49. The molecule has 6 nitrogen and oxygen atoms in total. The minimum absolute atomic E-state index is 0.0236. The summed E-state index contributed by atoms with van der Waals surface area (Å²) in [5.41, 5.74) is 0.0791. The van der Waals surface area contributed by atoms with Gasteiger partial charge in [0, 0.05) is 13.1 Å². The van der Waals surface area contributed by atoms with E-state index in [1.165, 1.54) is 25.3 Å². The summed E-state index contributed by atoms with van der Waals surface area (Å²) in [6, 6.07) is 3.87. The van der Waals surface area contributed by atoms with Crippen molar-refractivity contribution in [3.63, 3.8) is 0 Å². The molecule has 0 heterocycles. The Balaban J connectivity index is 1.91. The van der Waals surface area contributed by atoms with Crippen LogP contribution in [0.15, 0.2) is 18.2 Å². The van der Waals surface area contributed by atoms with Gasteiger partial charge in [0.1, 0.15) is 0 Å². The van der Waals surface area contributed by atoms with Crippen LogP contribution in [0.3, 0.4) is 0 Å². The Morgan fingerprint density at radius 1 is 1.19 bits per heavy atom. The van der Waals surface area contributed by atoms with E-state index in [4.69, 9.17) is 9.47 Å². The Bertz CT molecular complexity index is 660. The van der Waals surface area contributed by atoms with Crippen molar-refractivity contribution in [1.29, 1.82) is 0 Å². The Morgan fingerprint density at radius 3 is 2.44 bits per heavy atom. The molecule has 150 valence electrons. The zero-order valence-electron chi connectivity index (χ0n) is 15.7. The van der Waals surface area contributed by atoms with Crippen LogP contribution in [0.1, 0.15) is 43.0 Å². The first-order valence-corrected chi connectivity index (χ1v) is 8.87. The molecule has 27 heavy (non-hydrogen) atoms. The molecule has 1 saturated carbocycles. The van der Waals surface area contributed by atoms with Crippen LogP contribution in [-0.2, 0) is 9.53 Å². The molecule has 8 heteroatoms. The number of methoxy groups -OCH3 is 1. The van der Waals surface area contributed by atoms with Gasteiger partial charge in [-0.15, -0.1) is 0 Å². The van der Waals surface area contributed by atoms with Gasteiger partial charge in [-0.1, -0.05) is 6.92 Å². The van der Waals surface area contributed by atoms with Crippen molar-refractivity contribution in [1.82, 2.24) is 4.90 Å². The summed E-state index contributed by atoms with van der Waals surface area (Å²) in [6.07, 6.45) is 4.05. The van der Waals surface area contributed by atoms with E-state index in [1.807, 2.05) is 0 Å². The molecule has 0 aliphatic heterocycles. The van der Waals surface area contributed by atoms with Gasteiger partial charge in [-0.25, -0.2) is 4.79 Å². The van der Waals surface area contributed by atoms with Crippen molar-refractivity contribution in [3.8, 4) is 11.5 Å². The van der Waals surface area contributed by atoms with Gasteiger partial charge in [-0.2, -0.15) is 8.78 Å². The van der Waals surface area contributed by atoms with Gasteiger partial charge < -0.3 is 19.1 Å². The number of halogens is 2. The second kappa shape index (κ2) is 9.53. The highest BCUT2D eigenvalue weighted by Crippen LogP contribution is 2.30. The van der Waals surface area contributed by atoms with Crippen molar-refractivity contribution in [2.75, 3.05) is 20.8 Å². The fraction of sp³-hybridized carbons (Fsp3) is 0.579. The number of benzene rings is 1. The lowest BCUT2D eigenvalue weighted by molar-refractivity contribution is -0.136. The topological polar surface area (TPSA) is 65.1 Å². The summed E-state index contributed by atoms with van der Waals surface area (Å²) in [6.45, 7) is -1.18. The van der Waals surface area contributed by atoms with Gasteiger partial charge in [0.2, 0.25) is 0 Å². The lowest BCUT2D eigenvalue weighted by atomic mass is 9.87. The van der Waals surface area contributed by atoms with E-state index >= 15 is 0 Å². The lowest BCUT2D eigenvalue weighted by Gasteiger charge is -2.33. The number of rotatable bonds is 7. The minimum Gasteiger partial charge on any atom is -0.493 e. The number of carbonyl (C=O) groups excluding carboxylic acids is 2. The maximum absolute atomic E-state index is 12.3. The number of likely N-dealkylation sites (N-methyl/N-ethyl adjacent to an activating group) is 1. The number of amides is 1. The van der Waals surface area contributed by atoms with Crippen LogP contribution in [0.25, 0.3) is 0 Å². The van der Waals surface area contributed by atoms with E-state index in [9.17, 15) is 18.4 Å². The van der Waals surface area contributed by atoms with Crippen LogP contribution in [-0.4, -0.2) is 50.2 Å². The van der Waals surface area contributed by atoms with Crippen LogP contribution in [0.5, 0.6) is 11.5 Å². The molecule has 0 aromatic heterocycles. The molecular formula is C19H25F2NO5. The van der Waals surface area contributed by atoms with Gasteiger partial charge in [-0.3, -0.25) is 4.79 Å². The average molecular weight is 385 g/mol. The first-order chi connectivity index (χ1) is 12.8. The van der Waals surface area contributed by atoms with Crippen LogP contribution < -0.4 is 9.47 Å². The number of ether oxygens (including phenoxy) is 3. The number of carbonyl (C=O) groups is 2. The zero-order valence-corrected chi connectivity index (χ0v) is 15.7. The van der Waals surface area contributed by atoms with Crippen LogP contribution in [0, 0.1) is 5.92 Å². The van der Waals surface area contributed by atoms with Gasteiger partial charge in [0.25, 0.3) is 5.91 Å². The zero-order chi connectivity index (χ0) is 20.0. The highest BCUT2D eigenvalue weighted by atomic mass is 19.3. The molecule has 0 atom stereocenters. The fourth-order valence-corrected chi connectivity index (χ4v) is 3.13. The van der Waals surface area contributed by atoms with Gasteiger partial charge in [-0.05, 0) is 49.8 Å². The number of alkyl halides is 2. The normalized spacial score (nSPS) is 19.5. The molecule has 2 rings (SSSR count). The number of hydrogen-bond acceptors (Lipinski definition) is 5. The SMILES string of the molecule is COc1cc(C(=O)OCC(=O)N(C)C2CCC(C)CC2)ccc1OC(F)F. The number of esters is 1. The minimum atomic E-state index is -3.01. The summed E-state index contributed by atoms with van der Waals surface area (Å²) >= 11 is 0. The largest absolute Gasteiger partial charge is 0.493 e.